The van der Waals surface area contributed by atoms with E-state index < -0.39 is 11.9 Å². The fourth-order valence-electron chi connectivity index (χ4n) is 4.94. The maximum atomic E-state index is 13.7. The van der Waals surface area contributed by atoms with Crippen LogP contribution in [-0.2, 0) is 14.3 Å². The number of ether oxygens (including phenoxy) is 3. The Morgan fingerprint density at radius 2 is 1.82 bits per heavy atom. The molecule has 2 aromatic carbocycles. The maximum Gasteiger partial charge on any atom is 0.336 e. The van der Waals surface area contributed by atoms with Crippen LogP contribution in [0.3, 0.4) is 0 Å². The summed E-state index contributed by atoms with van der Waals surface area (Å²) in [6.45, 7) is 3.83. The molecule has 2 aliphatic rings. The summed E-state index contributed by atoms with van der Waals surface area (Å²) in [5, 5.41) is 4.01. The average molecular weight is 482 g/mol. The Kier molecular flexibility index (Phi) is 6.98. The number of dihydropyridines is 1. The molecule has 0 aromatic heterocycles. The first-order valence-electron chi connectivity index (χ1n) is 11.3. The van der Waals surface area contributed by atoms with Crippen LogP contribution in [0.2, 0.25) is 5.02 Å². The van der Waals surface area contributed by atoms with Gasteiger partial charge in [-0.15, -0.1) is 0 Å². The van der Waals surface area contributed by atoms with Crippen molar-refractivity contribution in [3.05, 3.63) is 81.2 Å². The number of Topliss-reactive ketones (excluding diaryl/α,β-unsaturated/α-hetero) is 1. The highest BCUT2D eigenvalue weighted by atomic mass is 35.5. The van der Waals surface area contributed by atoms with E-state index in [2.05, 4.69) is 5.32 Å². The highest BCUT2D eigenvalue weighted by Gasteiger charge is 2.42. The standard InChI is InChI=1S/C27H28ClNO5/c1-5-34-27(31)23-15(2)29-20-13-17(16-9-11-18(28)12-10-16)14-21(30)25(20)24(23)19-7-6-8-22(32-3)26(19)33-4/h6-12,17,24,29H,5,13-14H2,1-4H3/t17-,24+/m0/s1. The molecule has 0 saturated heterocycles. The number of allylic oxidation sites excluding steroid dienone is 3. The molecule has 0 amide bonds. The summed E-state index contributed by atoms with van der Waals surface area (Å²) in [5.41, 5.74) is 4.21. The molecule has 0 bridgehead atoms. The van der Waals surface area contributed by atoms with Gasteiger partial charge < -0.3 is 19.5 Å². The Morgan fingerprint density at radius 1 is 1.09 bits per heavy atom. The number of carbonyl (C=O) groups excluding carboxylic acids is 2. The van der Waals surface area contributed by atoms with Crippen molar-refractivity contribution in [3.8, 4) is 11.5 Å². The Bertz CT molecular complexity index is 1180. The van der Waals surface area contributed by atoms with Gasteiger partial charge in [-0.05, 0) is 49.9 Å². The molecule has 1 aliphatic carbocycles. The summed E-state index contributed by atoms with van der Waals surface area (Å²) in [6.07, 6.45) is 0.971. The number of esters is 1. The Morgan fingerprint density at radius 3 is 2.47 bits per heavy atom. The zero-order valence-electron chi connectivity index (χ0n) is 19.7. The molecule has 34 heavy (non-hydrogen) atoms. The summed E-state index contributed by atoms with van der Waals surface area (Å²) in [5.74, 6) is -0.0610. The van der Waals surface area contributed by atoms with Crippen LogP contribution in [-0.4, -0.2) is 32.6 Å². The Balaban J connectivity index is 1.86. The summed E-state index contributed by atoms with van der Waals surface area (Å²) >= 11 is 6.06. The average Bonchev–Trinajstić information content (AvgIpc) is 2.82. The van der Waals surface area contributed by atoms with Crippen molar-refractivity contribution in [2.45, 2.75) is 38.5 Å². The molecule has 1 aliphatic heterocycles. The maximum absolute atomic E-state index is 13.7. The van der Waals surface area contributed by atoms with Gasteiger partial charge in [-0.2, -0.15) is 0 Å². The first-order chi connectivity index (χ1) is 16.4. The van der Waals surface area contributed by atoms with Gasteiger partial charge in [0.1, 0.15) is 0 Å². The van der Waals surface area contributed by atoms with Crippen LogP contribution in [0, 0.1) is 0 Å². The highest BCUT2D eigenvalue weighted by Crippen LogP contribution is 2.49. The lowest BCUT2D eigenvalue weighted by atomic mass is 9.71. The molecule has 4 rings (SSSR count). The van der Waals surface area contributed by atoms with Gasteiger partial charge in [0.25, 0.3) is 0 Å². The third kappa shape index (κ3) is 4.30. The first-order valence-corrected chi connectivity index (χ1v) is 11.6. The second-order valence-corrected chi connectivity index (χ2v) is 8.81. The van der Waals surface area contributed by atoms with Gasteiger partial charge in [0, 0.05) is 34.0 Å². The molecule has 0 fully saturated rings. The second-order valence-electron chi connectivity index (χ2n) is 8.37. The number of halogens is 1. The predicted molar refractivity (Wildman–Crippen MR) is 130 cm³/mol. The highest BCUT2D eigenvalue weighted by molar-refractivity contribution is 6.30. The molecule has 0 saturated carbocycles. The minimum absolute atomic E-state index is 0.0146. The van der Waals surface area contributed by atoms with Gasteiger partial charge >= 0.3 is 5.97 Å². The molecular formula is C27H28ClNO5. The van der Waals surface area contributed by atoms with Gasteiger partial charge in [0.2, 0.25) is 0 Å². The number of rotatable bonds is 6. The van der Waals surface area contributed by atoms with Gasteiger partial charge in [-0.1, -0.05) is 35.9 Å². The first kappa shape index (κ1) is 23.9. The van der Waals surface area contributed by atoms with E-state index in [0.29, 0.717) is 51.8 Å². The number of nitrogens with one attached hydrogen (secondary N) is 1. The summed E-state index contributed by atoms with van der Waals surface area (Å²) in [4.78, 5) is 26.8. The molecule has 0 radical (unpaired) electrons. The smallest absolute Gasteiger partial charge is 0.336 e. The van der Waals surface area contributed by atoms with Crippen LogP contribution in [0.1, 0.15) is 49.7 Å². The van der Waals surface area contributed by atoms with Crippen molar-refractivity contribution in [2.24, 2.45) is 0 Å². The second kappa shape index (κ2) is 9.94. The fourth-order valence-corrected chi connectivity index (χ4v) is 5.07. The van der Waals surface area contributed by atoms with Gasteiger partial charge in [0.05, 0.1) is 32.3 Å². The fraction of sp³-hybridized carbons (Fsp3) is 0.333. The minimum Gasteiger partial charge on any atom is -0.493 e. The number of hydrogen-bond acceptors (Lipinski definition) is 6. The van der Waals surface area contributed by atoms with Gasteiger partial charge in [0.15, 0.2) is 17.3 Å². The molecule has 7 heteroatoms. The quantitative estimate of drug-likeness (QED) is 0.566. The normalized spacial score (nSPS) is 20.0. The zero-order valence-corrected chi connectivity index (χ0v) is 20.5. The van der Waals surface area contributed by atoms with Crippen LogP contribution in [0.25, 0.3) is 0 Å². The van der Waals surface area contributed by atoms with Crippen LogP contribution in [0.5, 0.6) is 11.5 Å². The van der Waals surface area contributed by atoms with E-state index >= 15 is 0 Å². The van der Waals surface area contributed by atoms with E-state index in [1.165, 1.54) is 0 Å². The van der Waals surface area contributed by atoms with E-state index in [0.717, 1.165) is 11.3 Å². The van der Waals surface area contributed by atoms with Crippen molar-refractivity contribution in [3.63, 3.8) is 0 Å². The largest absolute Gasteiger partial charge is 0.493 e. The van der Waals surface area contributed by atoms with E-state index in [4.69, 9.17) is 25.8 Å². The molecule has 0 unspecified atom stereocenters. The van der Waals surface area contributed by atoms with Crippen molar-refractivity contribution in [1.82, 2.24) is 5.32 Å². The lowest BCUT2D eigenvalue weighted by Gasteiger charge is -2.37. The number of benzene rings is 2. The SMILES string of the molecule is CCOC(=O)C1=C(C)NC2=C(C(=O)C[C@@H](c3ccc(Cl)cc3)C2)[C@@H]1c1cccc(OC)c1OC. The van der Waals surface area contributed by atoms with E-state index in [1.807, 2.05) is 43.3 Å². The molecule has 0 spiro atoms. The number of methoxy groups -OCH3 is 2. The Hall–Kier alpha value is -3.25. The van der Waals surface area contributed by atoms with Crippen LogP contribution < -0.4 is 14.8 Å². The molecule has 1 heterocycles. The van der Waals surface area contributed by atoms with Gasteiger partial charge in [-0.25, -0.2) is 4.79 Å². The van der Waals surface area contributed by atoms with E-state index in [9.17, 15) is 9.59 Å². The van der Waals surface area contributed by atoms with Crippen molar-refractivity contribution in [2.75, 3.05) is 20.8 Å². The number of ketones is 1. The predicted octanol–water partition coefficient (Wildman–Crippen LogP) is 5.28. The summed E-state index contributed by atoms with van der Waals surface area (Å²) < 4.78 is 16.6. The molecular weight excluding hydrogens is 454 g/mol. The monoisotopic (exact) mass is 481 g/mol. The van der Waals surface area contributed by atoms with Crippen molar-refractivity contribution < 1.29 is 23.8 Å². The van der Waals surface area contributed by atoms with Gasteiger partial charge in [-0.3, -0.25) is 4.79 Å². The number of hydrogen-bond donors (Lipinski definition) is 1. The third-order valence-electron chi connectivity index (χ3n) is 6.41. The molecule has 6 nitrogen and oxygen atoms in total. The number of para-hydroxylation sites is 1. The van der Waals surface area contributed by atoms with Crippen molar-refractivity contribution >= 4 is 23.4 Å². The lowest BCUT2D eigenvalue weighted by molar-refractivity contribution is -0.138. The number of carbonyl (C=O) groups is 2. The van der Waals surface area contributed by atoms with Crippen molar-refractivity contribution in [1.29, 1.82) is 0 Å². The topological polar surface area (TPSA) is 73.9 Å². The molecule has 2 atom stereocenters. The van der Waals surface area contributed by atoms with Crippen LogP contribution in [0.4, 0.5) is 0 Å². The van der Waals surface area contributed by atoms with Crippen LogP contribution >= 0.6 is 11.6 Å². The van der Waals surface area contributed by atoms with E-state index in [-0.39, 0.29) is 18.3 Å². The third-order valence-corrected chi connectivity index (χ3v) is 6.66. The Labute approximate surface area is 204 Å². The van der Waals surface area contributed by atoms with E-state index in [1.54, 1.807) is 27.2 Å². The summed E-state index contributed by atoms with van der Waals surface area (Å²) in [6, 6.07) is 13.1. The lowest BCUT2D eigenvalue weighted by Crippen LogP contribution is -2.36. The molecule has 1 N–H and O–H groups in total. The summed E-state index contributed by atoms with van der Waals surface area (Å²) in [7, 11) is 3.11. The minimum atomic E-state index is -0.626. The molecule has 178 valence electrons. The van der Waals surface area contributed by atoms with Crippen LogP contribution in [0.15, 0.2) is 65.0 Å². The zero-order chi connectivity index (χ0) is 24.4. The molecule has 2 aromatic rings.